The third kappa shape index (κ3) is 4.77. The van der Waals surface area contributed by atoms with Crippen molar-refractivity contribution < 1.29 is 14.5 Å². The highest BCUT2D eigenvalue weighted by atomic mass is 35.5. The van der Waals surface area contributed by atoms with Gasteiger partial charge >= 0.3 is 0 Å². The van der Waals surface area contributed by atoms with Crippen LogP contribution >= 0.6 is 11.6 Å². The van der Waals surface area contributed by atoms with Crippen LogP contribution in [0.4, 0.5) is 17.1 Å². The lowest BCUT2D eigenvalue weighted by atomic mass is 10.1. The molecular formula is C21H16ClN3O4. The van der Waals surface area contributed by atoms with Crippen LogP contribution in [0.2, 0.25) is 5.02 Å². The molecule has 3 aromatic carbocycles. The third-order valence-electron chi connectivity index (χ3n) is 4.17. The average Bonchev–Trinajstić information content (AvgIpc) is 2.71. The third-order valence-corrected chi connectivity index (χ3v) is 4.58. The molecule has 3 rings (SSSR count). The van der Waals surface area contributed by atoms with Crippen molar-refractivity contribution in [1.29, 1.82) is 0 Å². The Balaban J connectivity index is 1.82. The van der Waals surface area contributed by atoms with E-state index in [2.05, 4.69) is 10.6 Å². The van der Waals surface area contributed by atoms with Gasteiger partial charge in [-0.15, -0.1) is 0 Å². The molecule has 7 nitrogen and oxygen atoms in total. The normalized spacial score (nSPS) is 10.3. The molecule has 2 N–H and O–H groups in total. The molecule has 3 aromatic rings. The van der Waals surface area contributed by atoms with Crippen LogP contribution in [0.5, 0.6) is 0 Å². The van der Waals surface area contributed by atoms with Gasteiger partial charge < -0.3 is 10.6 Å². The van der Waals surface area contributed by atoms with Gasteiger partial charge in [0.05, 0.1) is 16.2 Å². The van der Waals surface area contributed by atoms with Gasteiger partial charge in [0.1, 0.15) is 0 Å². The fourth-order valence-corrected chi connectivity index (χ4v) is 2.79. The molecule has 0 aliphatic heterocycles. The van der Waals surface area contributed by atoms with Crippen LogP contribution in [-0.4, -0.2) is 16.7 Å². The molecule has 0 heterocycles. The number of anilines is 2. The molecule has 146 valence electrons. The van der Waals surface area contributed by atoms with Crippen molar-refractivity contribution in [2.45, 2.75) is 6.92 Å². The summed E-state index contributed by atoms with van der Waals surface area (Å²) < 4.78 is 0. The number of nitro groups is 1. The van der Waals surface area contributed by atoms with Crippen molar-refractivity contribution in [1.82, 2.24) is 0 Å². The SMILES string of the molecule is Cc1ccc(NC(=O)c2ccccc2NC(=O)c2cccc([N+](=O)[O-])c2)cc1Cl. The zero-order valence-electron chi connectivity index (χ0n) is 15.3. The number of carbonyl (C=O) groups is 2. The van der Waals surface area contributed by atoms with Gasteiger partial charge in [-0.05, 0) is 42.8 Å². The summed E-state index contributed by atoms with van der Waals surface area (Å²) in [5.41, 5.74) is 1.84. The quantitative estimate of drug-likeness (QED) is 0.454. The van der Waals surface area contributed by atoms with Crippen molar-refractivity contribution in [2.75, 3.05) is 10.6 Å². The van der Waals surface area contributed by atoms with Gasteiger partial charge in [-0.25, -0.2) is 0 Å². The first-order chi connectivity index (χ1) is 13.8. The molecule has 0 saturated carbocycles. The number of rotatable bonds is 5. The fourth-order valence-electron chi connectivity index (χ4n) is 2.61. The van der Waals surface area contributed by atoms with E-state index in [-0.39, 0.29) is 22.5 Å². The van der Waals surface area contributed by atoms with Crippen molar-refractivity contribution in [3.05, 3.63) is 98.6 Å². The standard InChI is InChI=1S/C21H16ClN3O4/c1-13-9-10-15(12-18(13)22)23-21(27)17-7-2-3-8-19(17)24-20(26)14-5-4-6-16(11-14)25(28)29/h2-12H,1H3,(H,23,27)(H,24,26). The van der Waals surface area contributed by atoms with E-state index < -0.39 is 16.7 Å². The van der Waals surface area contributed by atoms with Crippen LogP contribution in [0.15, 0.2) is 66.7 Å². The van der Waals surface area contributed by atoms with E-state index >= 15 is 0 Å². The summed E-state index contributed by atoms with van der Waals surface area (Å²) in [4.78, 5) is 35.5. The van der Waals surface area contributed by atoms with Crippen molar-refractivity contribution in [3.8, 4) is 0 Å². The van der Waals surface area contributed by atoms with E-state index in [9.17, 15) is 19.7 Å². The molecule has 0 aliphatic rings. The van der Waals surface area contributed by atoms with Gasteiger partial charge in [0.15, 0.2) is 0 Å². The first-order valence-electron chi connectivity index (χ1n) is 8.57. The van der Waals surface area contributed by atoms with Crippen molar-refractivity contribution in [2.24, 2.45) is 0 Å². The lowest BCUT2D eigenvalue weighted by Gasteiger charge is -2.12. The number of carbonyl (C=O) groups excluding carboxylic acids is 2. The number of para-hydroxylation sites is 1. The average molecular weight is 410 g/mol. The molecule has 0 fully saturated rings. The Hall–Kier alpha value is -3.71. The smallest absolute Gasteiger partial charge is 0.270 e. The molecule has 0 atom stereocenters. The highest BCUT2D eigenvalue weighted by Gasteiger charge is 2.16. The van der Waals surface area contributed by atoms with Crippen LogP contribution in [-0.2, 0) is 0 Å². The molecule has 0 saturated heterocycles. The second kappa shape index (κ2) is 8.53. The Kier molecular flexibility index (Phi) is 5.90. The Morgan fingerprint density at radius 3 is 2.41 bits per heavy atom. The first-order valence-corrected chi connectivity index (χ1v) is 8.95. The first kappa shape index (κ1) is 20.0. The monoisotopic (exact) mass is 409 g/mol. The number of aryl methyl sites for hydroxylation is 1. The minimum atomic E-state index is -0.578. The van der Waals surface area contributed by atoms with Gasteiger partial charge in [-0.3, -0.25) is 19.7 Å². The minimum absolute atomic E-state index is 0.111. The lowest BCUT2D eigenvalue weighted by Crippen LogP contribution is -2.18. The molecule has 0 radical (unpaired) electrons. The summed E-state index contributed by atoms with van der Waals surface area (Å²) in [7, 11) is 0. The van der Waals surface area contributed by atoms with E-state index in [1.165, 1.54) is 24.3 Å². The molecule has 0 spiro atoms. The van der Waals surface area contributed by atoms with Crippen LogP contribution in [0.1, 0.15) is 26.3 Å². The summed E-state index contributed by atoms with van der Waals surface area (Å²) in [5.74, 6) is -0.993. The van der Waals surface area contributed by atoms with E-state index in [4.69, 9.17) is 11.6 Å². The summed E-state index contributed by atoms with van der Waals surface area (Å²) in [6.45, 7) is 1.85. The lowest BCUT2D eigenvalue weighted by molar-refractivity contribution is -0.384. The molecule has 0 bridgehead atoms. The molecule has 8 heteroatoms. The zero-order valence-corrected chi connectivity index (χ0v) is 16.1. The van der Waals surface area contributed by atoms with Crippen molar-refractivity contribution >= 4 is 40.5 Å². The number of nitrogens with zero attached hydrogens (tertiary/aromatic N) is 1. The van der Waals surface area contributed by atoms with Gasteiger partial charge in [-0.2, -0.15) is 0 Å². The second-order valence-corrected chi connectivity index (χ2v) is 6.63. The summed E-state index contributed by atoms with van der Waals surface area (Å²) in [6.07, 6.45) is 0. The number of nitro benzene ring substituents is 1. The van der Waals surface area contributed by atoms with Crippen LogP contribution in [0, 0.1) is 17.0 Å². The molecule has 29 heavy (non-hydrogen) atoms. The Labute approximate surface area is 171 Å². The molecule has 2 amide bonds. The van der Waals surface area contributed by atoms with E-state index in [1.807, 2.05) is 6.92 Å². The zero-order chi connectivity index (χ0) is 21.0. The number of benzene rings is 3. The molecule has 0 aliphatic carbocycles. The number of halogens is 1. The summed E-state index contributed by atoms with van der Waals surface area (Å²) in [5, 5.41) is 16.8. The Morgan fingerprint density at radius 2 is 1.69 bits per heavy atom. The number of non-ortho nitro benzene ring substituents is 1. The Morgan fingerprint density at radius 1 is 0.931 bits per heavy atom. The maximum Gasteiger partial charge on any atom is 0.270 e. The van der Waals surface area contributed by atoms with Gasteiger partial charge in [0.2, 0.25) is 0 Å². The van der Waals surface area contributed by atoms with Gasteiger partial charge in [0, 0.05) is 28.4 Å². The molecular weight excluding hydrogens is 394 g/mol. The molecule has 0 unspecified atom stereocenters. The number of hydrogen-bond donors (Lipinski definition) is 2. The summed E-state index contributed by atoms with van der Waals surface area (Å²) in [6, 6.07) is 17.0. The number of nitrogens with one attached hydrogen (secondary N) is 2. The van der Waals surface area contributed by atoms with E-state index in [0.717, 1.165) is 5.56 Å². The van der Waals surface area contributed by atoms with Gasteiger partial charge in [0.25, 0.3) is 17.5 Å². The number of amides is 2. The topological polar surface area (TPSA) is 101 Å². The van der Waals surface area contributed by atoms with Crippen LogP contribution in [0.25, 0.3) is 0 Å². The largest absolute Gasteiger partial charge is 0.322 e. The predicted molar refractivity (Wildman–Crippen MR) is 112 cm³/mol. The van der Waals surface area contributed by atoms with E-state index in [1.54, 1.807) is 42.5 Å². The maximum absolute atomic E-state index is 12.7. The van der Waals surface area contributed by atoms with E-state index in [0.29, 0.717) is 10.7 Å². The van der Waals surface area contributed by atoms with Gasteiger partial charge in [-0.1, -0.05) is 35.9 Å². The van der Waals surface area contributed by atoms with Crippen LogP contribution < -0.4 is 10.6 Å². The second-order valence-electron chi connectivity index (χ2n) is 6.23. The minimum Gasteiger partial charge on any atom is -0.322 e. The predicted octanol–water partition coefficient (Wildman–Crippen LogP) is 5.06. The Bertz CT molecular complexity index is 1110. The van der Waals surface area contributed by atoms with Crippen LogP contribution in [0.3, 0.4) is 0 Å². The summed E-state index contributed by atoms with van der Waals surface area (Å²) >= 11 is 6.09. The maximum atomic E-state index is 12.7. The number of hydrogen-bond acceptors (Lipinski definition) is 4. The highest BCUT2D eigenvalue weighted by Crippen LogP contribution is 2.23. The molecule has 0 aromatic heterocycles. The highest BCUT2D eigenvalue weighted by molar-refractivity contribution is 6.31. The van der Waals surface area contributed by atoms with Crippen molar-refractivity contribution in [3.63, 3.8) is 0 Å². The fraction of sp³-hybridized carbons (Fsp3) is 0.0476.